The predicted octanol–water partition coefficient (Wildman–Crippen LogP) is 4.61. The lowest BCUT2D eigenvalue weighted by Crippen LogP contribution is -2.50. The first kappa shape index (κ1) is 28.2. The number of benzene rings is 2. The Labute approximate surface area is 219 Å². The highest BCUT2D eigenvalue weighted by Crippen LogP contribution is 2.45. The smallest absolute Gasteiger partial charge is 0.416 e. The molecule has 3 atom stereocenters. The summed E-state index contributed by atoms with van der Waals surface area (Å²) in [7, 11) is 0.335. The molecule has 0 saturated carbocycles. The first-order valence-corrected chi connectivity index (χ1v) is 12.6. The SMILES string of the molecule is O=C(COc1ccc(Cl)c(F)c1)N[C@@]12CN[C@@H](C(=O)Nc3cc(C(F)(F)F)cc(C(F)(F)F)c3)CCC1[Si]2. The van der Waals surface area contributed by atoms with Crippen molar-refractivity contribution in [2.75, 3.05) is 18.5 Å². The van der Waals surface area contributed by atoms with Gasteiger partial charge in [-0.05, 0) is 48.7 Å². The van der Waals surface area contributed by atoms with E-state index in [9.17, 15) is 40.3 Å². The molecule has 2 amide bonds. The average molecular weight is 582 g/mol. The molecule has 0 bridgehead atoms. The fourth-order valence-electron chi connectivity index (χ4n) is 4.13. The van der Waals surface area contributed by atoms with Crippen LogP contribution in [0.4, 0.5) is 36.4 Å². The molecule has 2 aliphatic heterocycles. The summed E-state index contributed by atoms with van der Waals surface area (Å²) in [6.07, 6.45) is -9.34. The number of carbonyl (C=O) groups excluding carboxylic acids is 2. The van der Waals surface area contributed by atoms with Crippen molar-refractivity contribution in [3.63, 3.8) is 0 Å². The molecule has 2 heterocycles. The van der Waals surface area contributed by atoms with Crippen molar-refractivity contribution in [1.82, 2.24) is 10.6 Å². The standard InChI is InChI=1S/C23H19ClF7N3O3Si/c24-15-2-1-14(8-16(15)25)37-9-19(35)34-21-10-32-17(3-4-18(21)38-21)20(36)33-13-6-11(22(26,27)28)5-12(7-13)23(29,30)31/h1-2,5-8,17-18,32H,3-4,9-10H2,(H,33,36)(H,34,35)/t17-,18?,21-/m1/s1. The van der Waals surface area contributed by atoms with Crippen LogP contribution < -0.4 is 20.7 Å². The van der Waals surface area contributed by atoms with Crippen LogP contribution in [0.5, 0.6) is 5.75 Å². The Morgan fingerprint density at radius 1 is 1.05 bits per heavy atom. The lowest BCUT2D eigenvalue weighted by atomic mass is 10.1. The number of carbonyl (C=O) groups is 2. The fourth-order valence-corrected chi connectivity index (χ4v) is 5.83. The zero-order chi connectivity index (χ0) is 27.9. The number of amides is 2. The molecule has 2 aliphatic rings. The molecule has 2 saturated heterocycles. The highest BCUT2D eigenvalue weighted by molar-refractivity contribution is 6.57. The van der Waals surface area contributed by atoms with Gasteiger partial charge in [-0.3, -0.25) is 9.59 Å². The summed E-state index contributed by atoms with van der Waals surface area (Å²) < 4.78 is 97.4. The number of ether oxygens (including phenoxy) is 1. The summed E-state index contributed by atoms with van der Waals surface area (Å²) >= 11 is 5.61. The minimum atomic E-state index is -5.04. The number of fused-ring (bicyclic) bond motifs is 1. The van der Waals surface area contributed by atoms with Gasteiger partial charge in [-0.2, -0.15) is 26.3 Å². The maximum Gasteiger partial charge on any atom is 0.416 e. The Balaban J connectivity index is 1.35. The van der Waals surface area contributed by atoms with Crippen molar-refractivity contribution in [1.29, 1.82) is 0 Å². The Bertz CT molecular complexity index is 1210. The largest absolute Gasteiger partial charge is 0.484 e. The highest BCUT2D eigenvalue weighted by Gasteiger charge is 2.57. The summed E-state index contributed by atoms with van der Waals surface area (Å²) in [6.45, 7) is -0.243. The van der Waals surface area contributed by atoms with E-state index in [1.807, 2.05) is 0 Å². The predicted molar refractivity (Wildman–Crippen MR) is 123 cm³/mol. The fraction of sp³-hybridized carbons (Fsp3) is 0.391. The second kappa shape index (κ2) is 10.4. The van der Waals surface area contributed by atoms with Gasteiger partial charge in [0.15, 0.2) is 6.61 Å². The summed E-state index contributed by atoms with van der Waals surface area (Å²) in [5, 5.41) is 7.19. The van der Waals surface area contributed by atoms with E-state index in [0.29, 0.717) is 28.1 Å². The number of anilines is 1. The van der Waals surface area contributed by atoms with Crippen molar-refractivity contribution >= 4 is 38.6 Å². The molecule has 4 rings (SSSR count). The van der Waals surface area contributed by atoms with Crippen LogP contribution in [0.25, 0.3) is 0 Å². The zero-order valence-electron chi connectivity index (χ0n) is 19.2. The molecule has 6 nitrogen and oxygen atoms in total. The molecule has 38 heavy (non-hydrogen) atoms. The quantitative estimate of drug-likeness (QED) is 0.344. The maximum atomic E-state index is 13.5. The highest BCUT2D eigenvalue weighted by atomic mass is 35.5. The van der Waals surface area contributed by atoms with Gasteiger partial charge in [0.25, 0.3) is 5.91 Å². The van der Waals surface area contributed by atoms with E-state index in [1.54, 1.807) is 0 Å². The third kappa shape index (κ3) is 6.59. The van der Waals surface area contributed by atoms with Gasteiger partial charge in [0, 0.05) is 23.5 Å². The summed E-state index contributed by atoms with van der Waals surface area (Å²) in [6, 6.07) is 3.68. The lowest BCUT2D eigenvalue weighted by Gasteiger charge is -2.22. The van der Waals surface area contributed by atoms with E-state index in [2.05, 4.69) is 16.0 Å². The van der Waals surface area contributed by atoms with E-state index < -0.39 is 64.6 Å². The van der Waals surface area contributed by atoms with Gasteiger partial charge in [0.1, 0.15) is 11.6 Å². The van der Waals surface area contributed by atoms with Crippen molar-refractivity contribution in [2.45, 2.75) is 41.9 Å². The van der Waals surface area contributed by atoms with Gasteiger partial charge in [-0.1, -0.05) is 11.6 Å². The minimum Gasteiger partial charge on any atom is -0.484 e. The van der Waals surface area contributed by atoms with Crippen LogP contribution in [0.1, 0.15) is 24.0 Å². The molecule has 0 spiro atoms. The van der Waals surface area contributed by atoms with Crippen LogP contribution in [-0.2, 0) is 21.9 Å². The molecule has 204 valence electrons. The van der Waals surface area contributed by atoms with Crippen molar-refractivity contribution in [3.05, 3.63) is 58.4 Å². The number of nitrogens with one attached hydrogen (secondary N) is 3. The lowest BCUT2D eigenvalue weighted by molar-refractivity contribution is -0.143. The van der Waals surface area contributed by atoms with E-state index >= 15 is 0 Å². The monoisotopic (exact) mass is 581 g/mol. The topological polar surface area (TPSA) is 79.5 Å². The van der Waals surface area contributed by atoms with Crippen LogP contribution in [0, 0.1) is 5.82 Å². The second-order valence-corrected chi connectivity index (χ2v) is 11.2. The van der Waals surface area contributed by atoms with Crippen LogP contribution in [-0.4, -0.2) is 45.7 Å². The van der Waals surface area contributed by atoms with E-state index in [-0.39, 0.29) is 35.3 Å². The zero-order valence-corrected chi connectivity index (χ0v) is 21.0. The van der Waals surface area contributed by atoms with Crippen LogP contribution in [0.15, 0.2) is 36.4 Å². The van der Waals surface area contributed by atoms with Gasteiger partial charge >= 0.3 is 12.4 Å². The normalized spacial score (nSPS) is 23.2. The molecule has 2 aromatic rings. The van der Waals surface area contributed by atoms with E-state index in [1.165, 1.54) is 12.1 Å². The Morgan fingerprint density at radius 3 is 2.32 bits per heavy atom. The second-order valence-electron chi connectivity index (χ2n) is 8.88. The Morgan fingerprint density at radius 2 is 1.71 bits per heavy atom. The van der Waals surface area contributed by atoms with Crippen molar-refractivity contribution in [3.8, 4) is 5.75 Å². The molecular formula is C23H19ClF7N3O3Si. The molecule has 2 fully saturated rings. The summed E-state index contributed by atoms with van der Waals surface area (Å²) in [4.78, 5) is 25.1. The molecule has 2 aromatic carbocycles. The van der Waals surface area contributed by atoms with Crippen molar-refractivity contribution < 1.29 is 45.1 Å². The van der Waals surface area contributed by atoms with Gasteiger partial charge in [-0.15, -0.1) is 0 Å². The molecule has 3 N–H and O–H groups in total. The van der Waals surface area contributed by atoms with Gasteiger partial charge in [-0.25, -0.2) is 4.39 Å². The number of rotatable bonds is 6. The third-order valence-electron chi connectivity index (χ3n) is 6.11. The first-order valence-electron chi connectivity index (χ1n) is 11.2. The summed E-state index contributed by atoms with van der Waals surface area (Å²) in [5.41, 5.74) is -3.67. The van der Waals surface area contributed by atoms with Crippen LogP contribution in [0.2, 0.25) is 10.6 Å². The van der Waals surface area contributed by atoms with Gasteiger partial charge in [0.05, 0.1) is 31.7 Å². The number of alkyl halides is 6. The molecule has 0 aliphatic carbocycles. The Kier molecular flexibility index (Phi) is 7.69. The van der Waals surface area contributed by atoms with Crippen LogP contribution >= 0.6 is 11.6 Å². The van der Waals surface area contributed by atoms with E-state index in [4.69, 9.17) is 16.3 Å². The number of hydrogen-bond donors (Lipinski definition) is 3. The Hall–Kier alpha value is -2.84. The van der Waals surface area contributed by atoms with Crippen molar-refractivity contribution in [2.24, 2.45) is 0 Å². The molecular weight excluding hydrogens is 563 g/mol. The molecule has 2 radical (unpaired) electrons. The minimum absolute atomic E-state index is 0.0202. The van der Waals surface area contributed by atoms with E-state index in [0.717, 1.165) is 6.07 Å². The number of halogens is 8. The average Bonchev–Trinajstić information content (AvgIpc) is 3.52. The van der Waals surface area contributed by atoms with Crippen LogP contribution in [0.3, 0.4) is 0 Å². The summed E-state index contributed by atoms with van der Waals surface area (Å²) in [5.74, 6) is -1.88. The first-order chi connectivity index (χ1) is 17.7. The molecule has 0 aromatic heterocycles. The van der Waals surface area contributed by atoms with Gasteiger partial charge in [0.2, 0.25) is 5.91 Å². The third-order valence-corrected chi connectivity index (χ3v) is 8.40. The maximum absolute atomic E-state index is 13.5. The number of hydrogen-bond acceptors (Lipinski definition) is 4. The molecule has 15 heteroatoms. The van der Waals surface area contributed by atoms with Gasteiger partial charge < -0.3 is 20.7 Å². The molecule has 1 unspecified atom stereocenters.